The molecule has 0 saturated carbocycles. The summed E-state index contributed by atoms with van der Waals surface area (Å²) in [6, 6.07) is 8.71. The van der Waals surface area contributed by atoms with Gasteiger partial charge in [-0.15, -0.1) is 11.3 Å². The van der Waals surface area contributed by atoms with Crippen LogP contribution in [0.25, 0.3) is 0 Å². The third-order valence-corrected chi connectivity index (χ3v) is 4.74. The molecule has 0 unspecified atom stereocenters. The van der Waals surface area contributed by atoms with Crippen molar-refractivity contribution in [2.24, 2.45) is 0 Å². The Kier molecular flexibility index (Phi) is 4.92. The molecule has 0 spiro atoms. The average Bonchev–Trinajstić information content (AvgIpc) is 2.75. The second-order valence-electron chi connectivity index (χ2n) is 4.31. The van der Waals surface area contributed by atoms with E-state index in [0.29, 0.717) is 6.04 Å². The number of aromatic nitrogens is 1. The topological polar surface area (TPSA) is 24.9 Å². The summed E-state index contributed by atoms with van der Waals surface area (Å²) in [4.78, 5) is 5.65. The summed E-state index contributed by atoms with van der Waals surface area (Å²) >= 11 is 5.33. The first kappa shape index (κ1) is 13.7. The van der Waals surface area contributed by atoms with Gasteiger partial charge in [-0.1, -0.05) is 34.1 Å². The van der Waals surface area contributed by atoms with Crippen LogP contribution in [-0.2, 0) is 6.42 Å². The summed E-state index contributed by atoms with van der Waals surface area (Å²) in [7, 11) is 0. The van der Waals surface area contributed by atoms with E-state index >= 15 is 0 Å². The van der Waals surface area contributed by atoms with E-state index < -0.39 is 0 Å². The van der Waals surface area contributed by atoms with Crippen LogP contribution < -0.4 is 5.32 Å². The minimum Gasteiger partial charge on any atom is -0.310 e. The third kappa shape index (κ3) is 3.40. The Morgan fingerprint density at radius 1 is 1.39 bits per heavy atom. The molecule has 96 valence electrons. The molecule has 0 radical (unpaired) electrons. The van der Waals surface area contributed by atoms with Gasteiger partial charge in [0.15, 0.2) is 0 Å². The van der Waals surface area contributed by atoms with Crippen molar-refractivity contribution >= 4 is 27.3 Å². The van der Waals surface area contributed by atoms with Gasteiger partial charge in [0.2, 0.25) is 0 Å². The number of nitrogens with zero attached hydrogens (tertiary/aromatic N) is 1. The lowest BCUT2D eigenvalue weighted by Gasteiger charge is -2.15. The normalized spacial score (nSPS) is 12.6. The maximum Gasteiger partial charge on any atom is 0.0797 e. The standard InChI is InChI=1S/C14H17BrN2S/c1-10(12-5-3-4-6-13(12)15)16-8-7-14-11(2)17-9-18-14/h3-6,9-10,16H,7-8H2,1-2H3/t10-/m0/s1. The zero-order valence-corrected chi connectivity index (χ0v) is 13.0. The van der Waals surface area contributed by atoms with Crippen molar-refractivity contribution in [3.63, 3.8) is 0 Å². The highest BCUT2D eigenvalue weighted by Gasteiger charge is 2.08. The van der Waals surface area contributed by atoms with E-state index in [0.717, 1.165) is 18.7 Å². The molecule has 0 saturated heterocycles. The van der Waals surface area contributed by atoms with E-state index in [-0.39, 0.29) is 0 Å². The molecule has 1 atom stereocenters. The maximum absolute atomic E-state index is 4.27. The molecule has 1 N–H and O–H groups in total. The number of benzene rings is 1. The highest BCUT2D eigenvalue weighted by Crippen LogP contribution is 2.22. The first-order chi connectivity index (χ1) is 8.68. The molecule has 0 aliphatic rings. The van der Waals surface area contributed by atoms with Gasteiger partial charge in [-0.25, -0.2) is 4.98 Å². The molecule has 18 heavy (non-hydrogen) atoms. The number of aryl methyl sites for hydroxylation is 1. The summed E-state index contributed by atoms with van der Waals surface area (Å²) in [5.74, 6) is 0. The van der Waals surface area contributed by atoms with Crippen LogP contribution in [0.5, 0.6) is 0 Å². The monoisotopic (exact) mass is 324 g/mol. The van der Waals surface area contributed by atoms with Crippen molar-refractivity contribution in [1.82, 2.24) is 10.3 Å². The Labute approximate surface area is 121 Å². The molecule has 2 aromatic rings. The van der Waals surface area contributed by atoms with E-state index in [1.54, 1.807) is 11.3 Å². The van der Waals surface area contributed by atoms with Crippen LogP contribution in [0.15, 0.2) is 34.2 Å². The average molecular weight is 325 g/mol. The van der Waals surface area contributed by atoms with Crippen LogP contribution in [0.2, 0.25) is 0 Å². The number of halogens is 1. The van der Waals surface area contributed by atoms with Crippen LogP contribution in [0, 0.1) is 6.92 Å². The Hall–Kier alpha value is -0.710. The van der Waals surface area contributed by atoms with E-state index in [9.17, 15) is 0 Å². The molecule has 0 aliphatic heterocycles. The number of hydrogen-bond donors (Lipinski definition) is 1. The molecule has 0 aliphatic carbocycles. The lowest BCUT2D eigenvalue weighted by Crippen LogP contribution is -2.21. The second-order valence-corrected chi connectivity index (χ2v) is 6.10. The summed E-state index contributed by atoms with van der Waals surface area (Å²) in [5, 5.41) is 3.55. The third-order valence-electron chi connectivity index (χ3n) is 3.02. The maximum atomic E-state index is 4.27. The summed E-state index contributed by atoms with van der Waals surface area (Å²) in [6.07, 6.45) is 1.05. The van der Waals surface area contributed by atoms with E-state index in [1.807, 2.05) is 11.6 Å². The Morgan fingerprint density at radius 3 is 2.83 bits per heavy atom. The zero-order chi connectivity index (χ0) is 13.0. The predicted octanol–water partition coefficient (Wildman–Crippen LogP) is 4.11. The smallest absolute Gasteiger partial charge is 0.0797 e. The number of hydrogen-bond acceptors (Lipinski definition) is 3. The van der Waals surface area contributed by atoms with Crippen LogP contribution in [-0.4, -0.2) is 11.5 Å². The van der Waals surface area contributed by atoms with Crippen LogP contribution >= 0.6 is 27.3 Å². The van der Waals surface area contributed by atoms with Gasteiger partial charge in [-0.05, 0) is 31.9 Å². The van der Waals surface area contributed by atoms with Crippen molar-refractivity contribution in [2.45, 2.75) is 26.3 Å². The van der Waals surface area contributed by atoms with Crippen LogP contribution in [0.3, 0.4) is 0 Å². The molecule has 4 heteroatoms. The first-order valence-corrected chi connectivity index (χ1v) is 7.72. The predicted molar refractivity (Wildman–Crippen MR) is 81.1 cm³/mol. The highest BCUT2D eigenvalue weighted by atomic mass is 79.9. The van der Waals surface area contributed by atoms with Crippen LogP contribution in [0.4, 0.5) is 0 Å². The molecule has 0 amide bonds. The summed E-state index contributed by atoms with van der Waals surface area (Å²) in [6.45, 7) is 5.24. The molecular formula is C14H17BrN2S. The van der Waals surface area contributed by atoms with Gasteiger partial charge in [0.1, 0.15) is 0 Å². The molecule has 1 aromatic carbocycles. The highest BCUT2D eigenvalue weighted by molar-refractivity contribution is 9.10. The molecule has 2 rings (SSSR count). The summed E-state index contributed by atoms with van der Waals surface area (Å²) in [5.41, 5.74) is 4.39. The fourth-order valence-corrected chi connectivity index (χ4v) is 3.31. The van der Waals surface area contributed by atoms with Crippen LogP contribution in [0.1, 0.15) is 29.1 Å². The summed E-state index contributed by atoms with van der Waals surface area (Å²) < 4.78 is 1.17. The Bertz CT molecular complexity index is 510. The molecule has 0 fully saturated rings. The first-order valence-electron chi connectivity index (χ1n) is 6.05. The Morgan fingerprint density at radius 2 is 2.17 bits per heavy atom. The number of rotatable bonds is 5. The van der Waals surface area contributed by atoms with E-state index in [4.69, 9.17) is 0 Å². The van der Waals surface area contributed by atoms with Gasteiger partial charge < -0.3 is 5.32 Å². The van der Waals surface area contributed by atoms with Crippen molar-refractivity contribution in [3.8, 4) is 0 Å². The SMILES string of the molecule is Cc1ncsc1CCN[C@@H](C)c1ccccc1Br. The van der Waals surface area contributed by atoms with Crippen molar-refractivity contribution < 1.29 is 0 Å². The zero-order valence-electron chi connectivity index (χ0n) is 10.6. The van der Waals surface area contributed by atoms with Gasteiger partial charge in [0.05, 0.1) is 11.2 Å². The Balaban J connectivity index is 1.87. The molecule has 2 nitrogen and oxygen atoms in total. The molecule has 1 aromatic heterocycles. The van der Waals surface area contributed by atoms with Crippen molar-refractivity contribution in [1.29, 1.82) is 0 Å². The lowest BCUT2D eigenvalue weighted by atomic mass is 10.1. The second kappa shape index (κ2) is 6.45. The molecule has 1 heterocycles. The quantitative estimate of drug-likeness (QED) is 0.895. The van der Waals surface area contributed by atoms with Crippen molar-refractivity contribution in [2.75, 3.05) is 6.54 Å². The molecule has 0 bridgehead atoms. The number of nitrogens with one attached hydrogen (secondary N) is 1. The number of thiazole rings is 1. The van der Waals surface area contributed by atoms with E-state index in [1.165, 1.54) is 14.9 Å². The fourth-order valence-electron chi connectivity index (χ4n) is 1.90. The lowest BCUT2D eigenvalue weighted by molar-refractivity contribution is 0.576. The van der Waals surface area contributed by atoms with Gasteiger partial charge >= 0.3 is 0 Å². The van der Waals surface area contributed by atoms with Gasteiger partial charge in [0, 0.05) is 21.9 Å². The van der Waals surface area contributed by atoms with Crippen molar-refractivity contribution in [3.05, 3.63) is 50.4 Å². The van der Waals surface area contributed by atoms with Gasteiger partial charge in [0.25, 0.3) is 0 Å². The minimum atomic E-state index is 0.355. The largest absolute Gasteiger partial charge is 0.310 e. The van der Waals surface area contributed by atoms with Gasteiger partial charge in [-0.3, -0.25) is 0 Å². The fraction of sp³-hybridized carbons (Fsp3) is 0.357. The van der Waals surface area contributed by atoms with Gasteiger partial charge in [-0.2, -0.15) is 0 Å². The minimum absolute atomic E-state index is 0.355. The van der Waals surface area contributed by atoms with E-state index in [2.05, 4.69) is 58.3 Å². The molecular weight excluding hydrogens is 308 g/mol.